The zero-order valence-corrected chi connectivity index (χ0v) is 35.1. The molecule has 67 heavy (non-hydrogen) atoms. The molecule has 7 aromatic rings. The zero-order valence-electron chi connectivity index (χ0n) is 33.3. The molecule has 0 unspecified atom stereocenters. The summed E-state index contributed by atoms with van der Waals surface area (Å²) >= 11 is 5.81. The van der Waals surface area contributed by atoms with Gasteiger partial charge in [0.15, 0.2) is 71.4 Å². The van der Waals surface area contributed by atoms with Gasteiger partial charge in [-0.3, -0.25) is 0 Å². The number of benzene rings is 7. The highest BCUT2D eigenvalue weighted by Gasteiger charge is 2.53. The average molecular weight is 997 g/mol. The van der Waals surface area contributed by atoms with Crippen molar-refractivity contribution < 1.29 is 83.4 Å². The maximum absolute atomic E-state index is 16.1. The fourth-order valence-electron chi connectivity index (χ4n) is 7.74. The Labute approximate surface area is 371 Å². The summed E-state index contributed by atoms with van der Waals surface area (Å²) in [5.74, 6) is -63.9. The van der Waals surface area contributed by atoms with E-state index in [1.807, 2.05) is 0 Å². The molecule has 348 valence electrons. The van der Waals surface area contributed by atoms with Gasteiger partial charge in [-0.25, -0.2) is 83.4 Å². The lowest BCUT2D eigenvalue weighted by Gasteiger charge is -2.45. The molecule has 0 fully saturated rings. The first-order chi connectivity index (χ1) is 31.4. The van der Waals surface area contributed by atoms with Crippen molar-refractivity contribution in [1.82, 2.24) is 0 Å². The summed E-state index contributed by atoms with van der Waals surface area (Å²) in [6.07, 6.45) is -7.12. The van der Waals surface area contributed by atoms with Crippen LogP contribution in [0.1, 0.15) is 16.7 Å². The molecular weight excluding hydrogens is 976 g/mol. The second-order valence-corrected chi connectivity index (χ2v) is 21.1. The summed E-state index contributed by atoms with van der Waals surface area (Å²) in [6.45, 7) is 1.40. The van der Waals surface area contributed by atoms with Crippen molar-refractivity contribution in [3.05, 3.63) is 224 Å². The van der Waals surface area contributed by atoms with Crippen LogP contribution >= 0.6 is 11.1 Å². The van der Waals surface area contributed by atoms with Gasteiger partial charge in [0.2, 0.25) is 0 Å². The highest BCUT2D eigenvalue weighted by atomic mass is 35.6. The van der Waals surface area contributed by atoms with Gasteiger partial charge in [-0.05, 0) is 72.8 Å². The summed E-state index contributed by atoms with van der Waals surface area (Å²) in [5, 5.41) is -1.86. The first kappa shape index (κ1) is 50.1. The minimum Gasteiger partial charge on any atom is -0.207 e. The fraction of sp³-hybridized carbons (Fsp3) is 0.0444. The molecule has 0 radical (unpaired) electrons. The van der Waals surface area contributed by atoms with Crippen molar-refractivity contribution in [2.45, 2.75) is 13.1 Å². The van der Waals surface area contributed by atoms with Gasteiger partial charge in [0, 0.05) is 5.19 Å². The predicted molar refractivity (Wildman–Crippen MR) is 212 cm³/mol. The largest absolute Gasteiger partial charge is 0.207 e. The Balaban J connectivity index is 0.000000321. The molecule has 0 amide bonds. The van der Waals surface area contributed by atoms with Crippen molar-refractivity contribution in [2.24, 2.45) is 0 Å². The molecule has 7 rings (SSSR count). The van der Waals surface area contributed by atoms with Crippen LogP contribution in [0.25, 0.3) is 0 Å². The third-order valence-electron chi connectivity index (χ3n) is 10.5. The standard InChI is InChI=1S/C26H6BClF19Si.C19H15/c1-48(2,28)26-24(46)13(35)6(14(36)25(26)47)27(3-7(29)15(37)21(43)16(38)8(3)30,4-9(31)17(39)22(44)18(40)10(4)32)5-11(33)19(41)23(45)20(42)12(5)34;1-4-10-16(11-5-1)19(17-12-6-2-7-13-17)18-14-8-3-9-15-18/h1-2H3;1-15H/q-1;+1. The second-order valence-electron chi connectivity index (χ2n) is 14.8. The normalized spacial score (nSPS) is 11.7. The first-order valence-corrected chi connectivity index (χ1v) is 22.7. The molecule has 0 spiro atoms. The predicted octanol–water partition coefficient (Wildman–Crippen LogP) is 11.1. The lowest BCUT2D eigenvalue weighted by atomic mass is 9.12. The molecular formula is C45H21BClF19Si. The highest BCUT2D eigenvalue weighted by molar-refractivity contribution is 7.26. The molecule has 0 atom stereocenters. The van der Waals surface area contributed by atoms with Crippen LogP contribution in [-0.2, 0) is 0 Å². The van der Waals surface area contributed by atoms with Gasteiger partial charge in [0.05, 0.1) is 22.6 Å². The van der Waals surface area contributed by atoms with Crippen LogP contribution < -0.4 is 27.0 Å². The average Bonchev–Trinajstić information content (AvgIpc) is 3.30. The van der Waals surface area contributed by atoms with E-state index < -0.39 is 151 Å². The molecule has 0 bridgehead atoms. The van der Waals surface area contributed by atoms with Gasteiger partial charge in [0.1, 0.15) is 52.7 Å². The molecule has 7 aromatic carbocycles. The van der Waals surface area contributed by atoms with Crippen LogP contribution in [0.2, 0.25) is 13.1 Å². The lowest BCUT2D eigenvalue weighted by molar-refractivity contribution is 0.379. The van der Waals surface area contributed by atoms with Crippen LogP contribution in [0.5, 0.6) is 0 Å². The van der Waals surface area contributed by atoms with Gasteiger partial charge in [-0.15, -0.1) is 21.9 Å². The van der Waals surface area contributed by atoms with E-state index >= 15 is 43.9 Å². The van der Waals surface area contributed by atoms with Crippen LogP contribution in [0.3, 0.4) is 0 Å². The molecule has 0 nitrogen and oxygen atoms in total. The first-order valence-electron chi connectivity index (χ1n) is 18.7. The zero-order chi connectivity index (χ0) is 49.8. The van der Waals surface area contributed by atoms with Crippen molar-refractivity contribution >= 4 is 51.6 Å². The smallest absolute Gasteiger partial charge is 0.200 e. The summed E-state index contributed by atoms with van der Waals surface area (Å²) in [6, 6.07) is 31.6. The van der Waals surface area contributed by atoms with E-state index in [0.717, 1.165) is 0 Å². The molecule has 0 aliphatic heterocycles. The van der Waals surface area contributed by atoms with Crippen LogP contribution in [-0.4, -0.2) is 13.5 Å². The number of hydrogen-bond donors (Lipinski definition) is 0. The third-order valence-corrected chi connectivity index (χ3v) is 12.7. The minimum atomic E-state index is -7.12. The Morgan fingerprint density at radius 3 is 0.672 bits per heavy atom. The maximum atomic E-state index is 16.1. The number of hydrogen-bond acceptors (Lipinski definition) is 0. The van der Waals surface area contributed by atoms with Crippen molar-refractivity contribution in [3.63, 3.8) is 0 Å². The van der Waals surface area contributed by atoms with Crippen molar-refractivity contribution in [1.29, 1.82) is 0 Å². The van der Waals surface area contributed by atoms with Gasteiger partial charge >= 0.3 is 0 Å². The van der Waals surface area contributed by atoms with E-state index in [1.165, 1.54) is 22.6 Å². The fourth-order valence-corrected chi connectivity index (χ4v) is 9.50. The van der Waals surface area contributed by atoms with Crippen LogP contribution in [0.15, 0.2) is 91.0 Å². The van der Waals surface area contributed by atoms with Gasteiger partial charge in [-0.1, -0.05) is 31.3 Å². The van der Waals surface area contributed by atoms with E-state index in [4.69, 9.17) is 11.1 Å². The van der Waals surface area contributed by atoms with Gasteiger partial charge in [0.25, 0.3) is 0 Å². The van der Waals surface area contributed by atoms with E-state index in [2.05, 4.69) is 91.0 Å². The van der Waals surface area contributed by atoms with Crippen molar-refractivity contribution in [2.75, 3.05) is 0 Å². The molecule has 0 N–H and O–H groups in total. The Morgan fingerprint density at radius 1 is 0.299 bits per heavy atom. The second kappa shape index (κ2) is 18.7. The lowest BCUT2D eigenvalue weighted by Crippen LogP contribution is -2.81. The molecule has 0 aromatic heterocycles. The van der Waals surface area contributed by atoms with E-state index in [0.29, 0.717) is 13.1 Å². The minimum absolute atomic E-state index is 0.700. The van der Waals surface area contributed by atoms with Gasteiger partial charge < -0.3 is 0 Å². The Kier molecular flexibility index (Phi) is 14.0. The molecule has 0 heterocycles. The third kappa shape index (κ3) is 8.18. The molecule has 0 saturated heterocycles. The SMILES string of the molecule is C[Si](C)(Cl)c1c(F)c(F)c([B-](c2c(F)c(F)c(F)c(F)c2F)(c2c(F)c(F)c(F)c(F)c2F)c2c(F)c(F)c(F)c(F)c2F)c(F)c1F.c1ccc([C+](c2ccccc2)c2ccccc2)cc1. The Morgan fingerprint density at radius 2 is 0.478 bits per heavy atom. The van der Waals surface area contributed by atoms with Crippen LogP contribution in [0.4, 0.5) is 83.4 Å². The van der Waals surface area contributed by atoms with Gasteiger partial charge in [-0.2, -0.15) is 11.1 Å². The maximum Gasteiger partial charge on any atom is 0.200 e. The molecule has 0 aliphatic carbocycles. The van der Waals surface area contributed by atoms with E-state index in [1.54, 1.807) is 0 Å². The Hall–Kier alpha value is -6.35. The summed E-state index contributed by atoms with van der Waals surface area (Å²) in [5.41, 5.74) is -10.1. The number of halogens is 20. The highest BCUT2D eigenvalue weighted by Crippen LogP contribution is 2.32. The summed E-state index contributed by atoms with van der Waals surface area (Å²) < 4.78 is 287. The van der Waals surface area contributed by atoms with E-state index in [-0.39, 0.29) is 0 Å². The molecule has 0 aliphatic rings. The monoisotopic (exact) mass is 996 g/mol. The van der Waals surface area contributed by atoms with Crippen molar-refractivity contribution in [3.8, 4) is 0 Å². The van der Waals surface area contributed by atoms with Crippen LogP contribution in [0, 0.1) is 116 Å². The van der Waals surface area contributed by atoms with E-state index in [9.17, 15) is 39.5 Å². The molecule has 22 heteroatoms. The molecule has 0 saturated carbocycles. The summed E-state index contributed by atoms with van der Waals surface area (Å²) in [4.78, 5) is 0. The topological polar surface area (TPSA) is 0 Å². The Bertz CT molecular complexity index is 2680. The quantitative estimate of drug-likeness (QED) is 0.0271. The summed E-state index contributed by atoms with van der Waals surface area (Å²) in [7, 11) is -4.35. The number of rotatable bonds is 8.